The van der Waals surface area contributed by atoms with E-state index in [-0.39, 0.29) is 5.82 Å². The molecular weight excluding hydrogens is 217 g/mol. The lowest BCUT2D eigenvalue weighted by Crippen LogP contribution is -2.01. The van der Waals surface area contributed by atoms with Gasteiger partial charge in [0.15, 0.2) is 0 Å². The Kier molecular flexibility index (Phi) is 3.45. The number of rotatable bonds is 3. The van der Waals surface area contributed by atoms with Crippen LogP contribution < -0.4 is 5.43 Å². The third kappa shape index (κ3) is 3.11. The highest BCUT2D eigenvalue weighted by molar-refractivity contribution is 5.97. The van der Waals surface area contributed by atoms with Crippen LogP contribution in [0.5, 0.6) is 0 Å². The van der Waals surface area contributed by atoms with Gasteiger partial charge in [0.05, 0.1) is 17.1 Å². The summed E-state index contributed by atoms with van der Waals surface area (Å²) in [5, 5.41) is 4.18. The van der Waals surface area contributed by atoms with Crippen LogP contribution in [0.3, 0.4) is 0 Å². The van der Waals surface area contributed by atoms with Crippen LogP contribution >= 0.6 is 0 Å². The maximum Gasteiger partial charge on any atom is 0.123 e. The van der Waals surface area contributed by atoms with E-state index in [4.69, 9.17) is 0 Å². The van der Waals surface area contributed by atoms with Crippen molar-refractivity contribution in [1.82, 2.24) is 4.98 Å². The van der Waals surface area contributed by atoms with Gasteiger partial charge in [-0.15, -0.1) is 0 Å². The molecule has 4 heteroatoms. The number of nitrogens with one attached hydrogen (secondary N) is 1. The maximum atomic E-state index is 12.7. The highest BCUT2D eigenvalue weighted by Crippen LogP contribution is 2.08. The third-order valence-corrected chi connectivity index (χ3v) is 2.23. The van der Waals surface area contributed by atoms with Crippen LogP contribution in [0.4, 0.5) is 10.1 Å². The summed E-state index contributed by atoms with van der Waals surface area (Å²) < 4.78 is 12.7. The summed E-state index contributed by atoms with van der Waals surface area (Å²) in [5.41, 5.74) is 5.17. The minimum absolute atomic E-state index is 0.263. The monoisotopic (exact) mass is 229 g/mol. The number of hydrogen-bond acceptors (Lipinski definition) is 3. The fourth-order valence-corrected chi connectivity index (χ4v) is 1.31. The summed E-state index contributed by atoms with van der Waals surface area (Å²) in [4.78, 5) is 4.17. The van der Waals surface area contributed by atoms with Crippen molar-refractivity contribution in [2.24, 2.45) is 5.10 Å². The Hall–Kier alpha value is -2.23. The van der Waals surface area contributed by atoms with E-state index in [2.05, 4.69) is 15.5 Å². The van der Waals surface area contributed by atoms with Crippen molar-refractivity contribution in [2.75, 3.05) is 5.43 Å². The van der Waals surface area contributed by atoms with Crippen LogP contribution in [0.15, 0.2) is 53.8 Å². The molecule has 2 aromatic rings. The Bertz CT molecular complexity index is 506. The molecule has 1 heterocycles. The SMILES string of the molecule is C/C(=N/Nc1ccc(F)cc1)c1ccccn1. The van der Waals surface area contributed by atoms with Gasteiger partial charge in [-0.1, -0.05) is 6.07 Å². The number of hydrogen-bond donors (Lipinski definition) is 1. The first kappa shape index (κ1) is 11.3. The first-order valence-electron chi connectivity index (χ1n) is 5.23. The Morgan fingerprint density at radius 3 is 2.59 bits per heavy atom. The van der Waals surface area contributed by atoms with Gasteiger partial charge in [0.1, 0.15) is 5.82 Å². The molecule has 0 saturated carbocycles. The molecule has 0 aliphatic carbocycles. The summed E-state index contributed by atoms with van der Waals surface area (Å²) in [7, 11) is 0. The van der Waals surface area contributed by atoms with E-state index in [0.29, 0.717) is 0 Å². The minimum Gasteiger partial charge on any atom is -0.278 e. The zero-order chi connectivity index (χ0) is 12.1. The quantitative estimate of drug-likeness (QED) is 0.648. The number of halogens is 1. The molecule has 0 fully saturated rings. The Morgan fingerprint density at radius 2 is 1.94 bits per heavy atom. The van der Waals surface area contributed by atoms with E-state index < -0.39 is 0 Å². The van der Waals surface area contributed by atoms with E-state index in [1.54, 1.807) is 18.3 Å². The molecule has 17 heavy (non-hydrogen) atoms. The van der Waals surface area contributed by atoms with Gasteiger partial charge in [0.25, 0.3) is 0 Å². The topological polar surface area (TPSA) is 37.3 Å². The van der Waals surface area contributed by atoms with Crippen LogP contribution in [0.1, 0.15) is 12.6 Å². The minimum atomic E-state index is -0.263. The standard InChI is InChI=1S/C13H12FN3/c1-10(13-4-2-3-9-15-13)16-17-12-7-5-11(14)6-8-12/h2-9,17H,1H3/b16-10-. The van der Waals surface area contributed by atoms with Crippen LogP contribution in [0.25, 0.3) is 0 Å². The van der Waals surface area contributed by atoms with Gasteiger partial charge in [0.2, 0.25) is 0 Å². The van der Waals surface area contributed by atoms with Crippen LogP contribution in [-0.4, -0.2) is 10.7 Å². The Balaban J connectivity index is 2.08. The van der Waals surface area contributed by atoms with Gasteiger partial charge in [-0.3, -0.25) is 10.4 Å². The number of anilines is 1. The molecule has 0 spiro atoms. The van der Waals surface area contributed by atoms with E-state index in [1.807, 2.05) is 25.1 Å². The Labute approximate surface area is 99.0 Å². The largest absolute Gasteiger partial charge is 0.278 e. The summed E-state index contributed by atoms with van der Waals surface area (Å²) in [6.45, 7) is 1.86. The van der Waals surface area contributed by atoms with Crippen molar-refractivity contribution in [3.8, 4) is 0 Å². The fraction of sp³-hybridized carbons (Fsp3) is 0.0769. The van der Waals surface area contributed by atoms with Crippen molar-refractivity contribution >= 4 is 11.4 Å². The van der Waals surface area contributed by atoms with E-state index in [9.17, 15) is 4.39 Å². The van der Waals surface area contributed by atoms with Gasteiger partial charge < -0.3 is 0 Å². The van der Waals surface area contributed by atoms with Crippen LogP contribution in [-0.2, 0) is 0 Å². The molecule has 1 aromatic carbocycles. The molecule has 3 nitrogen and oxygen atoms in total. The first-order chi connectivity index (χ1) is 8.25. The maximum absolute atomic E-state index is 12.7. The number of nitrogens with zero attached hydrogens (tertiary/aromatic N) is 2. The lowest BCUT2D eigenvalue weighted by atomic mass is 10.3. The van der Waals surface area contributed by atoms with Gasteiger partial charge in [-0.25, -0.2) is 4.39 Å². The molecular formula is C13H12FN3. The molecule has 0 amide bonds. The first-order valence-corrected chi connectivity index (χ1v) is 5.23. The van der Waals surface area contributed by atoms with Gasteiger partial charge in [0, 0.05) is 6.20 Å². The number of aromatic nitrogens is 1. The number of hydrazone groups is 1. The molecule has 2 rings (SSSR count). The summed E-state index contributed by atoms with van der Waals surface area (Å²) in [6, 6.07) is 11.7. The van der Waals surface area contributed by atoms with E-state index >= 15 is 0 Å². The van der Waals surface area contributed by atoms with Crippen molar-refractivity contribution in [1.29, 1.82) is 0 Å². The van der Waals surface area contributed by atoms with E-state index in [1.165, 1.54) is 12.1 Å². The summed E-state index contributed by atoms with van der Waals surface area (Å²) >= 11 is 0. The molecule has 0 bridgehead atoms. The van der Waals surface area contributed by atoms with Crippen molar-refractivity contribution in [2.45, 2.75) is 6.92 Å². The lowest BCUT2D eigenvalue weighted by Gasteiger charge is -2.02. The predicted octanol–water partition coefficient (Wildman–Crippen LogP) is 3.06. The molecule has 0 aliphatic heterocycles. The second-order valence-electron chi connectivity index (χ2n) is 3.53. The van der Waals surface area contributed by atoms with Crippen molar-refractivity contribution < 1.29 is 4.39 Å². The number of pyridine rings is 1. The van der Waals surface area contributed by atoms with Crippen LogP contribution in [0.2, 0.25) is 0 Å². The van der Waals surface area contributed by atoms with Gasteiger partial charge in [-0.05, 0) is 43.3 Å². The highest BCUT2D eigenvalue weighted by atomic mass is 19.1. The zero-order valence-corrected chi connectivity index (χ0v) is 9.39. The second-order valence-corrected chi connectivity index (χ2v) is 3.53. The average molecular weight is 229 g/mol. The highest BCUT2D eigenvalue weighted by Gasteiger charge is 1.97. The predicted molar refractivity (Wildman–Crippen MR) is 66.5 cm³/mol. The van der Waals surface area contributed by atoms with Crippen molar-refractivity contribution in [3.05, 3.63) is 60.2 Å². The lowest BCUT2D eigenvalue weighted by molar-refractivity contribution is 0.628. The van der Waals surface area contributed by atoms with Gasteiger partial charge >= 0.3 is 0 Å². The molecule has 1 N–H and O–H groups in total. The molecule has 0 aliphatic rings. The van der Waals surface area contributed by atoms with Crippen LogP contribution in [0, 0.1) is 5.82 Å². The average Bonchev–Trinajstić information content (AvgIpc) is 2.39. The normalized spacial score (nSPS) is 11.3. The molecule has 0 radical (unpaired) electrons. The second kappa shape index (κ2) is 5.21. The summed E-state index contributed by atoms with van der Waals surface area (Å²) in [6.07, 6.45) is 1.71. The van der Waals surface area contributed by atoms with Gasteiger partial charge in [-0.2, -0.15) is 5.10 Å². The Morgan fingerprint density at radius 1 is 1.18 bits per heavy atom. The van der Waals surface area contributed by atoms with E-state index in [0.717, 1.165) is 17.1 Å². The molecule has 0 saturated heterocycles. The molecule has 86 valence electrons. The van der Waals surface area contributed by atoms with Crippen molar-refractivity contribution in [3.63, 3.8) is 0 Å². The number of benzene rings is 1. The molecule has 0 atom stereocenters. The fourth-order valence-electron chi connectivity index (χ4n) is 1.31. The third-order valence-electron chi connectivity index (χ3n) is 2.23. The summed E-state index contributed by atoms with van der Waals surface area (Å²) in [5.74, 6) is -0.263. The molecule has 1 aromatic heterocycles. The molecule has 0 unspecified atom stereocenters. The smallest absolute Gasteiger partial charge is 0.123 e. The zero-order valence-electron chi connectivity index (χ0n) is 9.39.